The van der Waals surface area contributed by atoms with Gasteiger partial charge in [0.1, 0.15) is 48.4 Å². The lowest BCUT2D eigenvalue weighted by Gasteiger charge is -2.49. The van der Waals surface area contributed by atoms with E-state index in [0.29, 0.717) is 32.2 Å². The molecule has 0 spiro atoms. The largest absolute Gasteiger partial charge is 0.479 e. The molecule has 0 bridgehead atoms. The first-order chi connectivity index (χ1) is 24.8. The van der Waals surface area contributed by atoms with Crippen LogP contribution in [0.5, 0.6) is 0 Å². The van der Waals surface area contributed by atoms with Crippen LogP contribution in [-0.2, 0) is 38.1 Å². The molecule has 4 rings (SSSR count). The van der Waals surface area contributed by atoms with Gasteiger partial charge in [-0.25, -0.2) is 4.79 Å². The molecule has 2 aliphatic heterocycles. The van der Waals surface area contributed by atoms with Crippen molar-refractivity contribution in [3.05, 3.63) is 0 Å². The molecular weight excluding hydrogens is 684 g/mol. The van der Waals surface area contributed by atoms with Crippen LogP contribution in [0.1, 0.15) is 91.4 Å². The fourth-order valence-electron chi connectivity index (χ4n) is 8.27. The van der Waals surface area contributed by atoms with Gasteiger partial charge in [-0.15, -0.1) is 0 Å². The summed E-state index contributed by atoms with van der Waals surface area (Å²) < 4.78 is 31.0. The summed E-state index contributed by atoms with van der Waals surface area (Å²) in [6, 6.07) is -1.25. The van der Waals surface area contributed by atoms with Crippen molar-refractivity contribution in [2.45, 2.75) is 171 Å². The summed E-state index contributed by atoms with van der Waals surface area (Å²) in [7, 11) is 1.81. The van der Waals surface area contributed by atoms with Crippen molar-refractivity contribution in [2.24, 2.45) is 17.8 Å². The number of rotatable bonds is 17. The average molecular weight is 747 g/mol. The molecule has 4 fully saturated rings. The third-order valence-corrected chi connectivity index (χ3v) is 11.3. The standard InChI is InChI=1S/C36H62N2O14/c1-5-21-15-22(23(41)12-9-13-37-4)16-24(32(21)52-36-31(45)30(44)28(42)18(2)48-36)50-35-27(38-19(3)40)33(29(43)26(17-39)51-35)49-25(34(46)47)14-20-10-7-6-8-11-20/h18,20-22,24-33,35-37,39,42-45H,5-17H2,1-4H3,(H,38,40)(H,46,47)/t18?,21?,22?,24-,25+,26+,27?,28-,29+,30+,31?,32-,33?,35-,36+/m1/s1. The van der Waals surface area contributed by atoms with Gasteiger partial charge in [0.25, 0.3) is 0 Å². The van der Waals surface area contributed by atoms with Crippen molar-refractivity contribution in [1.82, 2.24) is 10.6 Å². The van der Waals surface area contributed by atoms with E-state index in [1.54, 1.807) is 7.05 Å². The number of carboxylic acid groups (broad SMARTS) is 1. The topological polar surface area (TPSA) is 243 Å². The second-order valence-electron chi connectivity index (χ2n) is 15.1. The van der Waals surface area contributed by atoms with Gasteiger partial charge in [0, 0.05) is 19.3 Å². The van der Waals surface area contributed by atoms with E-state index in [2.05, 4.69) is 10.6 Å². The number of carboxylic acids is 1. The molecule has 0 aromatic carbocycles. The Labute approximate surface area is 305 Å². The third kappa shape index (κ3) is 10.9. The van der Waals surface area contributed by atoms with Crippen molar-refractivity contribution in [3.8, 4) is 0 Å². The molecule has 6 unspecified atom stereocenters. The Hall–Kier alpha value is -1.83. The molecule has 0 radical (unpaired) electrons. The van der Waals surface area contributed by atoms with E-state index in [9.17, 15) is 45.0 Å². The number of nitrogens with one attached hydrogen (secondary N) is 2. The van der Waals surface area contributed by atoms with Gasteiger partial charge in [-0.3, -0.25) is 9.59 Å². The number of hydrogen-bond acceptors (Lipinski definition) is 14. The maximum atomic E-state index is 13.5. The molecule has 0 aromatic heterocycles. The zero-order valence-corrected chi connectivity index (χ0v) is 30.9. The zero-order valence-electron chi connectivity index (χ0n) is 30.9. The van der Waals surface area contributed by atoms with Crippen LogP contribution in [0.3, 0.4) is 0 Å². The molecule has 0 aromatic rings. The normalized spacial score (nSPS) is 39.5. The van der Waals surface area contributed by atoms with Crippen LogP contribution in [0.15, 0.2) is 0 Å². The Balaban J connectivity index is 1.66. The van der Waals surface area contributed by atoms with Gasteiger partial charge in [0.2, 0.25) is 5.91 Å². The fourth-order valence-corrected chi connectivity index (χ4v) is 8.27. The Morgan fingerprint density at radius 1 is 0.904 bits per heavy atom. The molecule has 2 saturated carbocycles. The number of ketones is 1. The molecule has 2 heterocycles. The van der Waals surface area contributed by atoms with Crippen molar-refractivity contribution in [3.63, 3.8) is 0 Å². The Bertz CT molecular complexity index is 1140. The van der Waals surface area contributed by atoms with Crippen molar-refractivity contribution in [1.29, 1.82) is 0 Å². The summed E-state index contributed by atoms with van der Waals surface area (Å²) in [5.41, 5.74) is 0. The van der Waals surface area contributed by atoms with E-state index in [0.717, 1.165) is 32.1 Å². The number of aliphatic hydroxyl groups is 5. The fraction of sp³-hybridized carbons (Fsp3) is 0.917. The number of aliphatic carboxylic acids is 1. The number of hydrogen-bond donors (Lipinski definition) is 8. The monoisotopic (exact) mass is 746 g/mol. The zero-order chi connectivity index (χ0) is 38.1. The summed E-state index contributed by atoms with van der Waals surface area (Å²) in [6.07, 6.45) is -8.42. The number of amides is 1. The summed E-state index contributed by atoms with van der Waals surface area (Å²) in [6.45, 7) is 4.68. The quantitative estimate of drug-likeness (QED) is 0.0913. The van der Waals surface area contributed by atoms with E-state index in [1.165, 1.54) is 13.8 Å². The van der Waals surface area contributed by atoms with Crippen molar-refractivity contribution < 1.29 is 68.7 Å². The lowest BCUT2D eigenvalue weighted by Crippen LogP contribution is -2.67. The lowest BCUT2D eigenvalue weighted by molar-refractivity contribution is -0.338. The summed E-state index contributed by atoms with van der Waals surface area (Å²) >= 11 is 0. The smallest absolute Gasteiger partial charge is 0.332 e. The Morgan fingerprint density at radius 3 is 2.23 bits per heavy atom. The van der Waals surface area contributed by atoms with E-state index in [4.69, 9.17) is 23.7 Å². The second-order valence-corrected chi connectivity index (χ2v) is 15.1. The molecule has 16 heteroatoms. The van der Waals surface area contributed by atoms with Gasteiger partial charge >= 0.3 is 5.97 Å². The second kappa shape index (κ2) is 20.2. The number of carbonyl (C=O) groups excluding carboxylic acids is 2. The van der Waals surface area contributed by atoms with Gasteiger partial charge in [-0.05, 0) is 58.0 Å². The highest BCUT2D eigenvalue weighted by atomic mass is 16.7. The minimum Gasteiger partial charge on any atom is -0.479 e. The van der Waals surface area contributed by atoms with Crippen LogP contribution in [0.4, 0.5) is 0 Å². The van der Waals surface area contributed by atoms with E-state index < -0.39 is 104 Å². The molecule has 52 heavy (non-hydrogen) atoms. The summed E-state index contributed by atoms with van der Waals surface area (Å²) in [5, 5.41) is 69.3. The van der Waals surface area contributed by atoms with Crippen molar-refractivity contribution in [2.75, 3.05) is 20.2 Å². The average Bonchev–Trinajstić information content (AvgIpc) is 3.12. The SMILES string of the molecule is CCC1CC(C(=O)CCCNC)C[C@@H](O[C@@H]2O[C@@H](CO)[C@H](O)C(O[C@@H](CC3CCCCC3)C(=O)O)C2NC(C)=O)[C@@H]1O[C@@H]1OC(C)[C@@H](O)[C@H](O)C1O. The number of aliphatic hydroxyl groups excluding tert-OH is 5. The predicted molar refractivity (Wildman–Crippen MR) is 184 cm³/mol. The first-order valence-electron chi connectivity index (χ1n) is 19.1. The maximum Gasteiger partial charge on any atom is 0.332 e. The van der Waals surface area contributed by atoms with Crippen LogP contribution in [0.2, 0.25) is 0 Å². The van der Waals surface area contributed by atoms with Gasteiger partial charge in [-0.2, -0.15) is 0 Å². The van der Waals surface area contributed by atoms with E-state index in [1.807, 2.05) is 6.92 Å². The van der Waals surface area contributed by atoms with Crippen LogP contribution < -0.4 is 10.6 Å². The minimum atomic E-state index is -1.60. The lowest BCUT2D eigenvalue weighted by atomic mass is 9.74. The van der Waals surface area contributed by atoms with E-state index >= 15 is 0 Å². The van der Waals surface area contributed by atoms with Crippen LogP contribution in [-0.4, -0.2) is 148 Å². The maximum absolute atomic E-state index is 13.5. The highest BCUT2D eigenvalue weighted by Crippen LogP contribution is 2.40. The van der Waals surface area contributed by atoms with Gasteiger partial charge in [0.05, 0.1) is 24.9 Å². The highest BCUT2D eigenvalue weighted by molar-refractivity contribution is 5.81. The number of ether oxygens (including phenoxy) is 5. The predicted octanol–water partition coefficient (Wildman–Crippen LogP) is -0.0192. The summed E-state index contributed by atoms with van der Waals surface area (Å²) in [4.78, 5) is 38.6. The molecule has 300 valence electrons. The molecule has 16 nitrogen and oxygen atoms in total. The number of Topliss-reactive ketones (excluding diaryl/α,β-unsaturated/α-hetero) is 1. The molecule has 2 saturated heterocycles. The first kappa shape index (κ1) is 42.9. The minimum absolute atomic E-state index is 0.0294. The Kier molecular flexibility index (Phi) is 16.7. The molecular formula is C36H62N2O14. The van der Waals surface area contributed by atoms with Gasteiger partial charge in [-0.1, -0.05) is 45.4 Å². The molecule has 1 amide bonds. The van der Waals surface area contributed by atoms with Crippen LogP contribution in [0.25, 0.3) is 0 Å². The summed E-state index contributed by atoms with van der Waals surface area (Å²) in [5.74, 6) is -2.38. The van der Waals surface area contributed by atoms with E-state index in [-0.39, 0.29) is 30.5 Å². The Morgan fingerprint density at radius 2 is 1.62 bits per heavy atom. The van der Waals surface area contributed by atoms with Crippen molar-refractivity contribution >= 4 is 17.7 Å². The first-order valence-corrected chi connectivity index (χ1v) is 19.1. The molecule has 8 N–H and O–H groups in total. The van der Waals surface area contributed by atoms with Crippen LogP contribution >= 0.6 is 0 Å². The van der Waals surface area contributed by atoms with Gasteiger partial charge in [0.15, 0.2) is 18.7 Å². The number of carbonyl (C=O) groups is 3. The molecule has 4 aliphatic rings. The highest BCUT2D eigenvalue weighted by Gasteiger charge is 2.52. The molecule has 2 aliphatic carbocycles. The van der Waals surface area contributed by atoms with Gasteiger partial charge < -0.3 is 65.0 Å². The van der Waals surface area contributed by atoms with Crippen LogP contribution in [0, 0.1) is 17.8 Å². The third-order valence-electron chi connectivity index (χ3n) is 11.3. The molecule has 15 atom stereocenters.